The Morgan fingerprint density at radius 1 is 1.41 bits per heavy atom. The van der Waals surface area contributed by atoms with Crippen LogP contribution in [0.5, 0.6) is 0 Å². The van der Waals surface area contributed by atoms with E-state index in [4.69, 9.17) is 0 Å². The van der Waals surface area contributed by atoms with Crippen molar-refractivity contribution >= 4 is 11.6 Å². The van der Waals surface area contributed by atoms with E-state index >= 15 is 0 Å². The van der Waals surface area contributed by atoms with Crippen molar-refractivity contribution in [2.75, 3.05) is 11.9 Å². The van der Waals surface area contributed by atoms with Gasteiger partial charge in [0.15, 0.2) is 0 Å². The van der Waals surface area contributed by atoms with Crippen LogP contribution >= 0.6 is 0 Å². The minimum absolute atomic E-state index is 0.320. The van der Waals surface area contributed by atoms with E-state index in [1.54, 1.807) is 18.2 Å². The molecule has 0 bridgehead atoms. The van der Waals surface area contributed by atoms with E-state index in [9.17, 15) is 18.0 Å². The van der Waals surface area contributed by atoms with Gasteiger partial charge in [-0.25, -0.2) is 4.68 Å². The van der Waals surface area contributed by atoms with E-state index in [1.165, 1.54) is 12.4 Å². The Kier molecular flexibility index (Phi) is 4.81. The molecular weight excluding hydrogens is 299 g/mol. The number of halogens is 3. The van der Waals surface area contributed by atoms with E-state index in [0.29, 0.717) is 11.3 Å². The molecule has 0 saturated carbocycles. The quantitative estimate of drug-likeness (QED) is 0.923. The monoisotopic (exact) mass is 313 g/mol. The maximum atomic E-state index is 12.0. The molecule has 0 aliphatic rings. The summed E-state index contributed by atoms with van der Waals surface area (Å²) in [5, 5.41) is 6.42. The zero-order valence-corrected chi connectivity index (χ0v) is 11.7. The normalized spacial score (nSPS) is 11.5. The van der Waals surface area contributed by atoms with Crippen molar-refractivity contribution in [1.29, 1.82) is 0 Å². The van der Waals surface area contributed by atoms with Crippen LogP contribution in [0.4, 0.5) is 18.9 Å². The molecule has 22 heavy (non-hydrogen) atoms. The molecule has 5 nitrogen and oxygen atoms in total. The number of anilines is 1. The van der Waals surface area contributed by atoms with Gasteiger partial charge in [0, 0.05) is 5.56 Å². The first-order valence-electron chi connectivity index (χ1n) is 6.38. The lowest BCUT2D eigenvalue weighted by atomic mass is 10.1. The number of hydrogen-bond acceptors (Lipinski definition) is 3. The largest absolute Gasteiger partial charge is 0.411 e. The molecule has 118 valence electrons. The van der Waals surface area contributed by atoms with Crippen molar-refractivity contribution in [1.82, 2.24) is 9.78 Å². The summed E-state index contributed by atoms with van der Waals surface area (Å²) >= 11 is 0. The summed E-state index contributed by atoms with van der Waals surface area (Å²) in [6.07, 6.45) is -1.65. The number of hydrogen-bond donors (Lipinski definition) is 1. The highest BCUT2D eigenvalue weighted by molar-refractivity contribution is 6.04. The Morgan fingerprint density at radius 3 is 2.86 bits per heavy atom. The molecular formula is C14H14F3N3O2. The third kappa shape index (κ3) is 4.88. The minimum Gasteiger partial charge on any atom is -0.350 e. The maximum Gasteiger partial charge on any atom is 0.411 e. The number of aryl methyl sites for hydroxylation is 1. The van der Waals surface area contributed by atoms with Crippen LogP contribution in [0.25, 0.3) is 0 Å². The Labute approximate surface area is 124 Å². The molecule has 8 heteroatoms. The zero-order valence-electron chi connectivity index (χ0n) is 11.7. The van der Waals surface area contributed by atoms with Crippen LogP contribution < -0.4 is 5.32 Å². The summed E-state index contributed by atoms with van der Waals surface area (Å²) in [5.41, 5.74) is 1.81. The molecule has 0 aliphatic heterocycles. The lowest BCUT2D eigenvalue weighted by Crippen LogP contribution is -2.18. The molecule has 2 rings (SSSR count). The highest BCUT2D eigenvalue weighted by Crippen LogP contribution is 2.15. The second kappa shape index (κ2) is 6.61. The number of ether oxygens (including phenoxy) is 1. The number of benzene rings is 1. The maximum absolute atomic E-state index is 12.0. The highest BCUT2D eigenvalue weighted by atomic mass is 19.4. The van der Waals surface area contributed by atoms with Gasteiger partial charge in [0.1, 0.15) is 13.3 Å². The summed E-state index contributed by atoms with van der Waals surface area (Å²) in [4.78, 5) is 12.0. The van der Waals surface area contributed by atoms with Crippen molar-refractivity contribution < 1.29 is 22.7 Å². The number of nitrogens with one attached hydrogen (secondary N) is 1. The van der Waals surface area contributed by atoms with Crippen molar-refractivity contribution in [2.24, 2.45) is 0 Å². The van der Waals surface area contributed by atoms with Crippen LogP contribution in [-0.4, -0.2) is 28.5 Å². The third-order valence-electron chi connectivity index (χ3n) is 2.66. The standard InChI is InChI=1S/C14H14F3N3O2/c1-10-3-2-4-11(5-10)13(21)19-12-6-18-20(7-12)9-22-8-14(15,16)17/h2-7H,8-9H2,1H3,(H,19,21). The summed E-state index contributed by atoms with van der Waals surface area (Å²) in [7, 11) is 0. The number of carbonyl (C=O) groups is 1. The number of amides is 1. The van der Waals surface area contributed by atoms with E-state index in [0.717, 1.165) is 10.2 Å². The molecule has 0 radical (unpaired) electrons. The fourth-order valence-electron chi connectivity index (χ4n) is 1.74. The van der Waals surface area contributed by atoms with Crippen LogP contribution in [0.15, 0.2) is 36.7 Å². The predicted octanol–water partition coefficient (Wildman–Crippen LogP) is 2.98. The molecule has 0 spiro atoms. The van der Waals surface area contributed by atoms with Crippen LogP contribution in [0, 0.1) is 6.92 Å². The fraction of sp³-hybridized carbons (Fsp3) is 0.286. The molecule has 0 saturated heterocycles. The first-order chi connectivity index (χ1) is 10.3. The van der Waals surface area contributed by atoms with Gasteiger partial charge in [0.05, 0.1) is 18.1 Å². The second-order valence-corrected chi connectivity index (χ2v) is 4.68. The Morgan fingerprint density at radius 2 is 2.18 bits per heavy atom. The molecule has 1 heterocycles. The molecule has 0 atom stereocenters. The smallest absolute Gasteiger partial charge is 0.350 e. The summed E-state index contributed by atoms with van der Waals surface area (Å²) in [6.45, 7) is 0.171. The fourth-order valence-corrected chi connectivity index (χ4v) is 1.74. The summed E-state index contributed by atoms with van der Waals surface area (Å²) in [6, 6.07) is 7.02. The van der Waals surface area contributed by atoms with Crippen LogP contribution in [0.2, 0.25) is 0 Å². The Bertz CT molecular complexity index is 653. The predicted molar refractivity (Wildman–Crippen MR) is 73.4 cm³/mol. The van der Waals surface area contributed by atoms with Gasteiger partial charge >= 0.3 is 6.18 Å². The molecule has 0 aliphatic carbocycles. The second-order valence-electron chi connectivity index (χ2n) is 4.68. The van der Waals surface area contributed by atoms with Crippen molar-refractivity contribution in [2.45, 2.75) is 19.8 Å². The van der Waals surface area contributed by atoms with Gasteiger partial charge in [-0.2, -0.15) is 18.3 Å². The average Bonchev–Trinajstić information content (AvgIpc) is 2.85. The lowest BCUT2D eigenvalue weighted by molar-refractivity contribution is -0.182. The number of carbonyl (C=O) groups excluding carboxylic acids is 1. The first-order valence-corrected chi connectivity index (χ1v) is 6.38. The van der Waals surface area contributed by atoms with Crippen molar-refractivity contribution in [3.63, 3.8) is 0 Å². The Balaban J connectivity index is 1.90. The molecule has 1 aromatic heterocycles. The van der Waals surface area contributed by atoms with Gasteiger partial charge in [-0.15, -0.1) is 0 Å². The SMILES string of the molecule is Cc1cccc(C(=O)Nc2cnn(COCC(F)(F)F)c2)c1. The number of rotatable bonds is 5. The topological polar surface area (TPSA) is 56.2 Å². The molecule has 0 unspecified atom stereocenters. The molecule has 1 amide bonds. The Hall–Kier alpha value is -2.35. The summed E-state index contributed by atoms with van der Waals surface area (Å²) < 4.78 is 41.5. The molecule has 2 aromatic rings. The van der Waals surface area contributed by atoms with Crippen LogP contribution in [0.1, 0.15) is 15.9 Å². The third-order valence-corrected chi connectivity index (χ3v) is 2.66. The summed E-state index contributed by atoms with van der Waals surface area (Å²) in [5.74, 6) is -0.320. The van der Waals surface area contributed by atoms with Gasteiger partial charge in [0.2, 0.25) is 0 Å². The van der Waals surface area contributed by atoms with Gasteiger partial charge in [-0.3, -0.25) is 4.79 Å². The van der Waals surface area contributed by atoms with E-state index in [-0.39, 0.29) is 12.6 Å². The number of alkyl halides is 3. The average molecular weight is 313 g/mol. The molecule has 0 fully saturated rings. The lowest BCUT2D eigenvalue weighted by Gasteiger charge is -2.07. The zero-order chi connectivity index (χ0) is 16.2. The number of aromatic nitrogens is 2. The van der Waals surface area contributed by atoms with Gasteiger partial charge in [0.25, 0.3) is 5.91 Å². The van der Waals surface area contributed by atoms with Gasteiger partial charge in [-0.05, 0) is 19.1 Å². The van der Waals surface area contributed by atoms with E-state index in [1.807, 2.05) is 13.0 Å². The van der Waals surface area contributed by atoms with E-state index in [2.05, 4.69) is 15.2 Å². The van der Waals surface area contributed by atoms with Crippen LogP contribution in [0.3, 0.4) is 0 Å². The molecule has 1 aromatic carbocycles. The highest BCUT2D eigenvalue weighted by Gasteiger charge is 2.27. The van der Waals surface area contributed by atoms with Crippen molar-refractivity contribution in [3.8, 4) is 0 Å². The van der Waals surface area contributed by atoms with Gasteiger partial charge in [-0.1, -0.05) is 17.7 Å². The first kappa shape index (κ1) is 16.0. The minimum atomic E-state index is -4.38. The van der Waals surface area contributed by atoms with Gasteiger partial charge < -0.3 is 10.1 Å². The number of nitrogens with zero attached hydrogens (tertiary/aromatic N) is 2. The van der Waals surface area contributed by atoms with Crippen LogP contribution in [-0.2, 0) is 11.5 Å². The molecule has 1 N–H and O–H groups in total. The van der Waals surface area contributed by atoms with Crippen molar-refractivity contribution in [3.05, 3.63) is 47.8 Å². The van der Waals surface area contributed by atoms with E-state index < -0.39 is 12.8 Å².